The normalized spacial score (nSPS) is 35.6. The lowest BCUT2D eigenvalue weighted by Crippen LogP contribution is -2.56. The van der Waals surface area contributed by atoms with E-state index in [9.17, 15) is 9.59 Å². The van der Waals surface area contributed by atoms with Crippen LogP contribution in [0.1, 0.15) is 58.3 Å². The molecule has 0 saturated carbocycles. The van der Waals surface area contributed by atoms with Crippen molar-refractivity contribution in [3.8, 4) is 0 Å². The highest BCUT2D eigenvalue weighted by Gasteiger charge is 2.37. The monoisotopic (exact) mass is 293 g/mol. The Morgan fingerprint density at radius 1 is 1.14 bits per heavy atom. The van der Waals surface area contributed by atoms with Gasteiger partial charge in [0, 0.05) is 31.1 Å². The molecule has 0 aliphatic carbocycles. The Bertz CT molecular complexity index is 400. The molecule has 3 aliphatic heterocycles. The lowest BCUT2D eigenvalue weighted by atomic mass is 9.97. The molecule has 3 aliphatic rings. The second-order valence-corrected chi connectivity index (χ2v) is 6.77. The number of carbonyl (C=O) groups is 2. The van der Waals surface area contributed by atoms with Gasteiger partial charge in [0.1, 0.15) is 6.04 Å². The maximum atomic E-state index is 12.6. The third-order valence-electron chi connectivity index (χ3n) is 5.25. The fourth-order valence-electron chi connectivity index (χ4n) is 4.18. The zero-order chi connectivity index (χ0) is 14.8. The minimum absolute atomic E-state index is 0.0720. The number of nitrogens with zero attached hydrogens (tertiary/aromatic N) is 1. The quantitative estimate of drug-likeness (QED) is 0.821. The summed E-state index contributed by atoms with van der Waals surface area (Å²) in [6.07, 6.45) is 7.92. The first-order chi connectivity index (χ1) is 10.2. The first-order valence-electron chi connectivity index (χ1n) is 8.53. The summed E-state index contributed by atoms with van der Waals surface area (Å²) in [4.78, 5) is 26.4. The largest absolute Gasteiger partial charge is 0.351 e. The minimum Gasteiger partial charge on any atom is -0.351 e. The molecular formula is C16H27N3O2. The summed E-state index contributed by atoms with van der Waals surface area (Å²) in [5.41, 5.74) is 0. The Labute approximate surface area is 126 Å². The Morgan fingerprint density at radius 2 is 1.86 bits per heavy atom. The van der Waals surface area contributed by atoms with Crippen LogP contribution in [0.5, 0.6) is 0 Å². The van der Waals surface area contributed by atoms with Crippen molar-refractivity contribution in [2.75, 3.05) is 6.54 Å². The molecule has 3 unspecified atom stereocenters. The van der Waals surface area contributed by atoms with E-state index in [4.69, 9.17) is 0 Å². The summed E-state index contributed by atoms with van der Waals surface area (Å²) < 4.78 is 0. The fraction of sp³-hybridized carbons (Fsp3) is 0.875. The number of piperidine rings is 2. The van der Waals surface area contributed by atoms with Crippen LogP contribution in [0, 0.1) is 0 Å². The van der Waals surface area contributed by atoms with Crippen LogP contribution in [0.2, 0.25) is 0 Å². The van der Waals surface area contributed by atoms with Gasteiger partial charge in [-0.1, -0.05) is 6.92 Å². The Balaban J connectivity index is 1.59. The van der Waals surface area contributed by atoms with Gasteiger partial charge in [0.05, 0.1) is 0 Å². The summed E-state index contributed by atoms with van der Waals surface area (Å²) in [6, 6.07) is 1.21. The lowest BCUT2D eigenvalue weighted by Gasteiger charge is -2.37. The Kier molecular flexibility index (Phi) is 4.48. The molecule has 0 radical (unpaired) electrons. The number of nitrogens with one attached hydrogen (secondary N) is 2. The van der Waals surface area contributed by atoms with Crippen molar-refractivity contribution in [1.82, 2.24) is 15.5 Å². The summed E-state index contributed by atoms with van der Waals surface area (Å²) in [5.74, 6) is 0.183. The molecule has 0 aromatic heterocycles. The van der Waals surface area contributed by atoms with Gasteiger partial charge in [-0.3, -0.25) is 9.59 Å². The van der Waals surface area contributed by atoms with Gasteiger partial charge in [-0.05, 0) is 44.9 Å². The van der Waals surface area contributed by atoms with E-state index in [2.05, 4.69) is 10.6 Å². The molecule has 118 valence electrons. The molecule has 3 saturated heterocycles. The SMILES string of the molecule is CCC(=O)N1CCCCC1C(=O)NC1CC2CCC(C1)N2. The molecule has 0 aromatic carbocycles. The molecule has 21 heavy (non-hydrogen) atoms. The molecule has 0 aromatic rings. The molecule has 3 heterocycles. The average Bonchev–Trinajstić information content (AvgIpc) is 2.85. The third-order valence-corrected chi connectivity index (χ3v) is 5.25. The van der Waals surface area contributed by atoms with Crippen LogP contribution in [0.25, 0.3) is 0 Å². The molecule has 3 atom stereocenters. The number of hydrogen-bond donors (Lipinski definition) is 2. The van der Waals surface area contributed by atoms with Gasteiger partial charge in [0.2, 0.25) is 11.8 Å². The van der Waals surface area contributed by atoms with E-state index < -0.39 is 0 Å². The standard InChI is InChI=1S/C16H27N3O2/c1-2-15(20)19-8-4-3-5-14(19)16(21)18-13-9-11-6-7-12(10-13)17-11/h11-14,17H,2-10H2,1H3,(H,18,21). The summed E-state index contributed by atoms with van der Waals surface area (Å²) in [6.45, 7) is 2.61. The van der Waals surface area contributed by atoms with E-state index in [0.29, 0.717) is 18.5 Å². The van der Waals surface area contributed by atoms with E-state index in [-0.39, 0.29) is 23.9 Å². The van der Waals surface area contributed by atoms with Crippen LogP contribution in [0.15, 0.2) is 0 Å². The van der Waals surface area contributed by atoms with Crippen LogP contribution in [-0.4, -0.2) is 47.4 Å². The van der Waals surface area contributed by atoms with Crippen molar-refractivity contribution in [3.63, 3.8) is 0 Å². The summed E-state index contributed by atoms with van der Waals surface area (Å²) in [5, 5.41) is 6.82. The van der Waals surface area contributed by atoms with Gasteiger partial charge in [0.15, 0.2) is 0 Å². The van der Waals surface area contributed by atoms with Gasteiger partial charge in [0.25, 0.3) is 0 Å². The number of likely N-dealkylation sites (tertiary alicyclic amines) is 1. The summed E-state index contributed by atoms with van der Waals surface area (Å²) in [7, 11) is 0. The molecular weight excluding hydrogens is 266 g/mol. The first kappa shape index (κ1) is 14.8. The zero-order valence-electron chi connectivity index (χ0n) is 12.9. The molecule has 2 N–H and O–H groups in total. The van der Waals surface area contributed by atoms with Crippen molar-refractivity contribution >= 4 is 11.8 Å². The van der Waals surface area contributed by atoms with Gasteiger partial charge in [-0.25, -0.2) is 0 Å². The number of hydrogen-bond acceptors (Lipinski definition) is 3. The molecule has 3 fully saturated rings. The maximum Gasteiger partial charge on any atom is 0.243 e. The minimum atomic E-state index is -0.237. The van der Waals surface area contributed by atoms with Gasteiger partial charge in [-0.15, -0.1) is 0 Å². The van der Waals surface area contributed by atoms with Crippen molar-refractivity contribution in [2.24, 2.45) is 0 Å². The van der Waals surface area contributed by atoms with Crippen LogP contribution in [0.3, 0.4) is 0 Å². The zero-order valence-corrected chi connectivity index (χ0v) is 12.9. The van der Waals surface area contributed by atoms with Crippen LogP contribution < -0.4 is 10.6 Å². The van der Waals surface area contributed by atoms with Crippen LogP contribution in [0.4, 0.5) is 0 Å². The second-order valence-electron chi connectivity index (χ2n) is 6.77. The highest BCUT2D eigenvalue weighted by molar-refractivity contribution is 5.88. The average molecular weight is 293 g/mol. The van der Waals surface area contributed by atoms with Crippen molar-refractivity contribution < 1.29 is 9.59 Å². The first-order valence-corrected chi connectivity index (χ1v) is 8.53. The smallest absolute Gasteiger partial charge is 0.243 e. The topological polar surface area (TPSA) is 61.4 Å². The lowest BCUT2D eigenvalue weighted by molar-refractivity contribution is -0.142. The van der Waals surface area contributed by atoms with E-state index in [1.807, 2.05) is 6.92 Å². The predicted molar refractivity (Wildman–Crippen MR) is 80.8 cm³/mol. The van der Waals surface area contributed by atoms with Crippen molar-refractivity contribution in [2.45, 2.75) is 82.5 Å². The van der Waals surface area contributed by atoms with Crippen LogP contribution in [-0.2, 0) is 9.59 Å². The predicted octanol–water partition coefficient (Wildman–Crippen LogP) is 1.18. The van der Waals surface area contributed by atoms with Crippen LogP contribution >= 0.6 is 0 Å². The molecule has 5 nitrogen and oxygen atoms in total. The molecule has 0 spiro atoms. The molecule has 2 amide bonds. The molecule has 2 bridgehead atoms. The third kappa shape index (κ3) is 3.23. The number of rotatable bonds is 3. The van der Waals surface area contributed by atoms with Crippen molar-refractivity contribution in [3.05, 3.63) is 0 Å². The van der Waals surface area contributed by atoms with E-state index >= 15 is 0 Å². The van der Waals surface area contributed by atoms with E-state index in [0.717, 1.165) is 38.6 Å². The molecule has 3 rings (SSSR count). The number of carbonyl (C=O) groups excluding carboxylic acids is 2. The number of fused-ring (bicyclic) bond motifs is 2. The Morgan fingerprint density at radius 3 is 2.52 bits per heavy atom. The van der Waals surface area contributed by atoms with Gasteiger partial charge < -0.3 is 15.5 Å². The van der Waals surface area contributed by atoms with E-state index in [1.165, 1.54) is 12.8 Å². The summed E-state index contributed by atoms with van der Waals surface area (Å²) >= 11 is 0. The Hall–Kier alpha value is -1.10. The molecule has 5 heteroatoms. The second kappa shape index (κ2) is 6.34. The van der Waals surface area contributed by atoms with Gasteiger partial charge in [-0.2, -0.15) is 0 Å². The highest BCUT2D eigenvalue weighted by Crippen LogP contribution is 2.27. The maximum absolute atomic E-state index is 12.6. The van der Waals surface area contributed by atoms with E-state index in [1.54, 1.807) is 4.90 Å². The van der Waals surface area contributed by atoms with Gasteiger partial charge >= 0.3 is 0 Å². The fourth-order valence-corrected chi connectivity index (χ4v) is 4.18. The van der Waals surface area contributed by atoms with Crippen molar-refractivity contribution in [1.29, 1.82) is 0 Å². The highest BCUT2D eigenvalue weighted by atomic mass is 16.2. The number of amides is 2.